The summed E-state index contributed by atoms with van der Waals surface area (Å²) in [6.45, 7) is 9.33. The van der Waals surface area contributed by atoms with Crippen LogP contribution in [0.2, 0.25) is 0 Å². The van der Waals surface area contributed by atoms with Gasteiger partial charge in [0.2, 0.25) is 35.1 Å². The van der Waals surface area contributed by atoms with Crippen LogP contribution in [0, 0.1) is 23.7 Å². The Balaban J connectivity index is 0.719. The SMILES string of the molecule is CCc1c2c(nc3ccc(O)cc13)-c1cc3c(c(=O)n1C2)COC(=O)C3(CC)OC(=O)OCC(NC(=O)COCC(=O)NCCOCCn1cc(CNC(=O)C2CCC(CN3C(=O)CC(C)C3=O)CC2)nn1)C(C)C. The standard InChI is InChI=1S/C52H65N9O14/c1-6-35-36-19-34(62)12-13-40(36)56-46-37(35)24-60-42(46)20-39-38(49(60)68)25-73-50(69)52(39,7-2)75-51(70)74-26-41(29(3)4)55-44(64)28-72-27-43(63)53-14-16-71-17-15-59-23-33(57-58-59)21-54-47(66)32-10-8-31(9-11-32)22-61-45(65)18-30(5)48(61)67/h12-13,19-20,23,29-32,41,62H,6-11,14-18,21-22,24-28H2,1-5H3,(H,53,63)(H,54,66)(H,55,64). The van der Waals surface area contributed by atoms with Crippen LogP contribution < -0.4 is 21.5 Å². The van der Waals surface area contributed by atoms with E-state index in [0.717, 1.165) is 29.4 Å². The number of carbonyl (C=O) groups is 7. The van der Waals surface area contributed by atoms with Crippen LogP contribution in [-0.2, 0) is 90.7 Å². The van der Waals surface area contributed by atoms with Gasteiger partial charge in [-0.05, 0) is 80.2 Å². The quantitative estimate of drug-likeness (QED) is 0.0440. The van der Waals surface area contributed by atoms with Crippen molar-refractivity contribution in [1.82, 2.24) is 45.4 Å². The second-order valence-corrected chi connectivity index (χ2v) is 19.9. The number of aryl methyl sites for hydroxylation is 1. The number of amides is 5. The second-order valence-electron chi connectivity index (χ2n) is 19.9. The summed E-state index contributed by atoms with van der Waals surface area (Å²) in [4.78, 5) is 110. The molecule has 5 amide bonds. The summed E-state index contributed by atoms with van der Waals surface area (Å²) in [6.07, 6.45) is 4.21. The number of hydrogen-bond donors (Lipinski definition) is 4. The van der Waals surface area contributed by atoms with E-state index >= 15 is 0 Å². The van der Waals surface area contributed by atoms with Gasteiger partial charge in [0, 0.05) is 47.9 Å². The molecule has 4 aromatic rings. The lowest BCUT2D eigenvalue weighted by Gasteiger charge is -2.35. The number of cyclic esters (lactones) is 1. The van der Waals surface area contributed by atoms with Gasteiger partial charge in [-0.1, -0.05) is 39.8 Å². The molecule has 4 N–H and O–H groups in total. The Morgan fingerprint density at radius 2 is 1.73 bits per heavy atom. The molecule has 0 spiro atoms. The molecule has 4 aliphatic rings. The van der Waals surface area contributed by atoms with Crippen molar-refractivity contribution >= 4 is 52.6 Å². The van der Waals surface area contributed by atoms with Crippen LogP contribution >= 0.6 is 0 Å². The number of phenols is 1. The van der Waals surface area contributed by atoms with Crippen molar-refractivity contribution in [1.29, 1.82) is 0 Å². The molecule has 23 heteroatoms. The number of nitrogens with zero attached hydrogens (tertiary/aromatic N) is 6. The Bertz CT molecular complexity index is 2910. The van der Waals surface area contributed by atoms with Gasteiger partial charge in [-0.2, -0.15) is 0 Å². The number of imide groups is 1. The number of carbonyl (C=O) groups excluding carboxylic acids is 7. The maximum atomic E-state index is 14.1. The van der Waals surface area contributed by atoms with Gasteiger partial charge in [0.25, 0.3) is 5.56 Å². The number of benzene rings is 1. The molecule has 23 nitrogen and oxygen atoms in total. The van der Waals surface area contributed by atoms with Crippen molar-refractivity contribution in [3.05, 3.63) is 68.8 Å². The molecule has 1 aliphatic carbocycles. The molecule has 0 radical (unpaired) electrons. The van der Waals surface area contributed by atoms with E-state index in [-0.39, 0.29) is 117 Å². The first kappa shape index (κ1) is 54.0. The monoisotopic (exact) mass is 1040 g/mol. The van der Waals surface area contributed by atoms with E-state index in [1.165, 1.54) is 11.0 Å². The second kappa shape index (κ2) is 23.5. The minimum atomic E-state index is -2.02. The third kappa shape index (κ3) is 12.0. The van der Waals surface area contributed by atoms with Crippen molar-refractivity contribution in [3.8, 4) is 17.1 Å². The molecule has 1 saturated carbocycles. The highest BCUT2D eigenvalue weighted by molar-refractivity contribution is 6.03. The van der Waals surface area contributed by atoms with Crippen molar-refractivity contribution < 1.29 is 62.4 Å². The van der Waals surface area contributed by atoms with Gasteiger partial charge in [0.05, 0.1) is 67.6 Å². The number of nitrogens with one attached hydrogen (secondary N) is 3. The van der Waals surface area contributed by atoms with E-state index in [4.69, 9.17) is 28.7 Å². The fourth-order valence-electron chi connectivity index (χ4n) is 10.3. The number of fused-ring (bicyclic) bond motifs is 5. The molecule has 8 rings (SSSR count). The zero-order valence-corrected chi connectivity index (χ0v) is 42.9. The lowest BCUT2D eigenvalue weighted by atomic mass is 9.81. The van der Waals surface area contributed by atoms with E-state index in [0.29, 0.717) is 55.0 Å². The molecule has 402 valence electrons. The number of hydrogen-bond acceptors (Lipinski definition) is 17. The molecule has 3 aromatic heterocycles. The topological polar surface area (TPSA) is 291 Å². The number of phenolic OH excluding ortho intramolecular Hbond substituents is 1. The number of aromatic nitrogens is 5. The number of aromatic hydroxyl groups is 1. The van der Waals surface area contributed by atoms with Crippen LogP contribution in [0.3, 0.4) is 0 Å². The number of pyridine rings is 2. The zero-order valence-electron chi connectivity index (χ0n) is 42.9. The molecule has 3 unspecified atom stereocenters. The highest BCUT2D eigenvalue weighted by Gasteiger charge is 2.51. The van der Waals surface area contributed by atoms with E-state index < -0.39 is 54.4 Å². The van der Waals surface area contributed by atoms with Crippen LogP contribution in [0.4, 0.5) is 4.79 Å². The number of likely N-dealkylation sites (tertiary alicyclic amines) is 1. The number of esters is 1. The zero-order chi connectivity index (χ0) is 53.6. The number of ether oxygens (including phenoxy) is 5. The Kier molecular flexibility index (Phi) is 16.9. The maximum Gasteiger partial charge on any atom is 0.509 e. The molecular formula is C52H65N9O14. The number of rotatable bonds is 22. The van der Waals surface area contributed by atoms with E-state index in [9.17, 15) is 43.5 Å². The Morgan fingerprint density at radius 1 is 0.960 bits per heavy atom. The van der Waals surface area contributed by atoms with E-state index in [1.54, 1.807) is 61.3 Å². The van der Waals surface area contributed by atoms with Gasteiger partial charge in [-0.3, -0.25) is 33.7 Å². The predicted octanol–water partition coefficient (Wildman–Crippen LogP) is 2.91. The Labute approximate surface area is 432 Å². The lowest BCUT2D eigenvalue weighted by Crippen LogP contribution is -2.48. The maximum absolute atomic E-state index is 14.1. The Morgan fingerprint density at radius 3 is 2.45 bits per heavy atom. The molecular weight excluding hydrogens is 975 g/mol. The van der Waals surface area contributed by atoms with Crippen molar-refractivity contribution in [3.63, 3.8) is 0 Å². The first-order valence-electron chi connectivity index (χ1n) is 25.7. The Hall–Kier alpha value is -7.27. The largest absolute Gasteiger partial charge is 0.509 e. The summed E-state index contributed by atoms with van der Waals surface area (Å²) in [5.74, 6) is -2.52. The summed E-state index contributed by atoms with van der Waals surface area (Å²) in [5.41, 5.74) is 1.84. The molecule has 75 heavy (non-hydrogen) atoms. The van der Waals surface area contributed by atoms with Gasteiger partial charge in [0.15, 0.2) is 0 Å². The molecule has 3 aliphatic heterocycles. The summed E-state index contributed by atoms with van der Waals surface area (Å²) in [5, 5.41) is 27.5. The summed E-state index contributed by atoms with van der Waals surface area (Å²) in [6, 6.07) is 5.83. The van der Waals surface area contributed by atoms with Crippen LogP contribution in [0.25, 0.3) is 22.3 Å². The van der Waals surface area contributed by atoms with Crippen LogP contribution in [0.1, 0.15) is 101 Å². The van der Waals surface area contributed by atoms with Gasteiger partial charge < -0.3 is 49.3 Å². The third-order valence-corrected chi connectivity index (χ3v) is 14.6. The lowest BCUT2D eigenvalue weighted by molar-refractivity contribution is -0.175. The summed E-state index contributed by atoms with van der Waals surface area (Å²) in [7, 11) is 0. The van der Waals surface area contributed by atoms with Crippen LogP contribution in [0.15, 0.2) is 35.3 Å². The van der Waals surface area contributed by atoms with Gasteiger partial charge in [0.1, 0.15) is 37.9 Å². The first-order valence-corrected chi connectivity index (χ1v) is 25.7. The fourth-order valence-corrected chi connectivity index (χ4v) is 10.3. The molecule has 6 heterocycles. The molecule has 3 atom stereocenters. The summed E-state index contributed by atoms with van der Waals surface area (Å²) < 4.78 is 30.8. The predicted molar refractivity (Wildman–Crippen MR) is 265 cm³/mol. The molecule has 1 saturated heterocycles. The average Bonchev–Trinajstić information content (AvgIpc) is 4.10. The third-order valence-electron chi connectivity index (χ3n) is 14.6. The minimum Gasteiger partial charge on any atom is -0.508 e. The molecule has 2 fully saturated rings. The van der Waals surface area contributed by atoms with Gasteiger partial charge in [-0.25, -0.2) is 19.3 Å². The van der Waals surface area contributed by atoms with Crippen LogP contribution in [-0.4, -0.2) is 128 Å². The van der Waals surface area contributed by atoms with E-state index in [1.807, 2.05) is 6.92 Å². The average molecular weight is 1040 g/mol. The van der Waals surface area contributed by atoms with Gasteiger partial charge >= 0.3 is 12.1 Å². The highest BCUT2D eigenvalue weighted by atomic mass is 16.7. The van der Waals surface area contributed by atoms with Gasteiger partial charge in [-0.15, -0.1) is 5.10 Å². The molecule has 0 bridgehead atoms. The minimum absolute atomic E-state index is 0.0591. The highest BCUT2D eigenvalue weighted by Crippen LogP contribution is 2.43. The van der Waals surface area contributed by atoms with Crippen molar-refractivity contribution in [2.45, 2.75) is 117 Å². The summed E-state index contributed by atoms with van der Waals surface area (Å²) >= 11 is 0. The normalized spacial score (nSPS) is 20.3. The van der Waals surface area contributed by atoms with Crippen molar-refractivity contribution in [2.75, 3.05) is 46.1 Å². The first-order chi connectivity index (χ1) is 36.0. The fraction of sp³-hybridized carbons (Fsp3) is 0.558. The van der Waals surface area contributed by atoms with Crippen molar-refractivity contribution in [2.24, 2.45) is 23.7 Å². The van der Waals surface area contributed by atoms with Crippen LogP contribution in [0.5, 0.6) is 5.75 Å². The molecule has 1 aromatic carbocycles. The smallest absolute Gasteiger partial charge is 0.508 e. The van der Waals surface area contributed by atoms with E-state index in [2.05, 4.69) is 26.3 Å².